The summed E-state index contributed by atoms with van der Waals surface area (Å²) in [4.78, 5) is 0. The summed E-state index contributed by atoms with van der Waals surface area (Å²) >= 11 is 0. The summed E-state index contributed by atoms with van der Waals surface area (Å²) in [5.41, 5.74) is 0. The molecule has 23 heavy (non-hydrogen) atoms. The summed E-state index contributed by atoms with van der Waals surface area (Å²) in [6, 6.07) is 22.8. The second-order valence-electron chi connectivity index (χ2n) is 8.41. The van der Waals surface area contributed by atoms with Crippen molar-refractivity contribution < 1.29 is 0 Å². The number of hydrogen-bond acceptors (Lipinski definition) is 0. The Kier molecular flexibility index (Phi) is 4.66. The molecule has 0 amide bonds. The summed E-state index contributed by atoms with van der Waals surface area (Å²) in [7, 11) is -2.98. The van der Waals surface area contributed by atoms with E-state index in [1.54, 1.807) is 10.4 Å². The van der Waals surface area contributed by atoms with Gasteiger partial charge >= 0.3 is 0 Å². The van der Waals surface area contributed by atoms with E-state index in [2.05, 4.69) is 86.9 Å². The molecule has 0 nitrogen and oxygen atoms in total. The van der Waals surface area contributed by atoms with Crippen LogP contribution >= 0.6 is 0 Å². The highest BCUT2D eigenvalue weighted by Gasteiger charge is 2.47. The molecule has 0 aliphatic heterocycles. The lowest BCUT2D eigenvalue weighted by atomic mass is 10.3. The molecule has 1 aliphatic carbocycles. The number of rotatable bonds is 6. The summed E-state index contributed by atoms with van der Waals surface area (Å²) < 4.78 is 0. The molecule has 0 spiro atoms. The lowest BCUT2D eigenvalue weighted by Crippen LogP contribution is -2.60. The second-order valence-corrected chi connectivity index (χ2v) is 18.4. The van der Waals surface area contributed by atoms with Crippen molar-refractivity contribution in [2.45, 2.75) is 50.6 Å². The summed E-state index contributed by atoms with van der Waals surface area (Å²) in [5.74, 6) is 1.01. The Morgan fingerprint density at radius 1 is 0.739 bits per heavy atom. The molecular weight excluding hydrogens is 308 g/mol. The maximum atomic E-state index is 2.62. The van der Waals surface area contributed by atoms with Gasteiger partial charge < -0.3 is 0 Å². The zero-order valence-corrected chi connectivity index (χ0v) is 17.0. The molecule has 1 aliphatic rings. The fourth-order valence-corrected chi connectivity index (χ4v) is 17.3. The topological polar surface area (TPSA) is 0 Å². The van der Waals surface area contributed by atoms with E-state index in [0.717, 1.165) is 11.1 Å². The van der Waals surface area contributed by atoms with Gasteiger partial charge in [0.2, 0.25) is 0 Å². The molecule has 2 aromatic rings. The van der Waals surface area contributed by atoms with Crippen molar-refractivity contribution in [3.05, 3.63) is 60.7 Å². The van der Waals surface area contributed by atoms with Gasteiger partial charge in [-0.3, -0.25) is 0 Å². The van der Waals surface area contributed by atoms with Crippen molar-refractivity contribution in [2.75, 3.05) is 0 Å². The first-order valence-electron chi connectivity index (χ1n) is 9.03. The fourth-order valence-electron chi connectivity index (χ4n) is 4.32. The van der Waals surface area contributed by atoms with Crippen LogP contribution in [0.25, 0.3) is 0 Å². The first-order valence-corrected chi connectivity index (χ1v) is 15.2. The maximum absolute atomic E-state index is 2.62. The molecule has 0 aromatic heterocycles. The monoisotopic (exact) mass is 338 g/mol. The fraction of sp³-hybridized carbons (Fsp3) is 0.429. The van der Waals surface area contributed by atoms with E-state index in [9.17, 15) is 0 Å². The van der Waals surface area contributed by atoms with Gasteiger partial charge in [0.05, 0.1) is 16.1 Å². The average Bonchev–Trinajstić information content (AvgIpc) is 3.38. The molecule has 2 heteroatoms. The normalized spacial score (nSPS) is 15.9. The highest BCUT2D eigenvalue weighted by Crippen LogP contribution is 2.44. The smallest absolute Gasteiger partial charge is 0.0654 e. The van der Waals surface area contributed by atoms with Gasteiger partial charge in [0, 0.05) is 0 Å². The summed E-state index contributed by atoms with van der Waals surface area (Å²) in [6.45, 7) is 10.5. The van der Waals surface area contributed by atoms with E-state index in [-0.39, 0.29) is 0 Å². The molecule has 122 valence electrons. The minimum Gasteiger partial charge on any atom is -0.0654 e. The van der Waals surface area contributed by atoms with Crippen molar-refractivity contribution in [3.8, 4) is 0 Å². The van der Waals surface area contributed by atoms with Gasteiger partial charge in [0.1, 0.15) is 0 Å². The Balaban J connectivity index is 2.00. The van der Waals surface area contributed by atoms with Crippen LogP contribution in [0.15, 0.2) is 60.7 Å². The molecule has 0 saturated heterocycles. The minimum absolute atomic E-state index is 0.910. The molecule has 0 unspecified atom stereocenters. The molecule has 1 fully saturated rings. The number of benzene rings is 2. The van der Waals surface area contributed by atoms with Crippen molar-refractivity contribution in [2.24, 2.45) is 5.92 Å². The predicted octanol–water partition coefficient (Wildman–Crippen LogP) is 4.93. The van der Waals surface area contributed by atoms with E-state index < -0.39 is 16.1 Å². The highest BCUT2D eigenvalue weighted by atomic mass is 28.4. The van der Waals surface area contributed by atoms with E-state index in [4.69, 9.17) is 0 Å². The molecule has 0 bridgehead atoms. The van der Waals surface area contributed by atoms with Crippen molar-refractivity contribution >= 4 is 26.5 Å². The molecule has 0 heterocycles. The predicted molar refractivity (Wildman–Crippen MR) is 108 cm³/mol. The molecular formula is C21H30Si2. The molecule has 3 rings (SSSR count). The van der Waals surface area contributed by atoms with Gasteiger partial charge in [0.25, 0.3) is 0 Å². The highest BCUT2D eigenvalue weighted by molar-refractivity contribution is 7.08. The van der Waals surface area contributed by atoms with E-state index in [0.29, 0.717) is 0 Å². The van der Waals surface area contributed by atoms with Gasteiger partial charge in [-0.05, 0) is 11.1 Å². The van der Waals surface area contributed by atoms with Gasteiger partial charge in [-0.2, -0.15) is 0 Å². The summed E-state index contributed by atoms with van der Waals surface area (Å²) in [5, 5.41) is 4.19. The third-order valence-corrected chi connectivity index (χ3v) is 18.0. The first-order chi connectivity index (χ1) is 10.9. The lowest BCUT2D eigenvalue weighted by molar-refractivity contribution is 0.747. The van der Waals surface area contributed by atoms with E-state index in [1.807, 2.05) is 0 Å². The van der Waals surface area contributed by atoms with Crippen LogP contribution in [0, 0.1) is 5.92 Å². The Morgan fingerprint density at radius 2 is 1.13 bits per heavy atom. The summed E-state index contributed by atoms with van der Waals surface area (Å²) in [6.07, 6.45) is 4.40. The largest absolute Gasteiger partial charge is 0.0814 e. The van der Waals surface area contributed by atoms with Crippen LogP contribution in [-0.4, -0.2) is 16.1 Å². The van der Waals surface area contributed by atoms with Crippen molar-refractivity contribution in [1.29, 1.82) is 0 Å². The Hall–Kier alpha value is -1.13. The van der Waals surface area contributed by atoms with Gasteiger partial charge in [-0.15, -0.1) is 0 Å². The average molecular weight is 339 g/mol. The Labute approximate surface area is 144 Å². The molecule has 1 saturated carbocycles. The standard InChI is InChI=1S/C21H30Si2/c1-22(2,19-11-7-5-8-12-19)21(17-18-15-16-18)23(3,4)20-13-9-6-10-14-20/h5-14,18,21H,15-17H2,1-4H3. The van der Waals surface area contributed by atoms with Crippen LogP contribution in [0.5, 0.6) is 0 Å². The van der Waals surface area contributed by atoms with Gasteiger partial charge in [-0.25, -0.2) is 0 Å². The third-order valence-electron chi connectivity index (χ3n) is 6.04. The van der Waals surface area contributed by atoms with E-state index in [1.165, 1.54) is 19.3 Å². The molecule has 2 aromatic carbocycles. The minimum atomic E-state index is -1.49. The van der Waals surface area contributed by atoms with Crippen LogP contribution in [0.4, 0.5) is 0 Å². The molecule has 0 atom stereocenters. The first kappa shape index (κ1) is 16.7. The van der Waals surface area contributed by atoms with E-state index >= 15 is 0 Å². The molecule has 0 N–H and O–H groups in total. The van der Waals surface area contributed by atoms with Crippen molar-refractivity contribution in [3.63, 3.8) is 0 Å². The van der Waals surface area contributed by atoms with Crippen molar-refractivity contribution in [1.82, 2.24) is 0 Å². The molecule has 0 radical (unpaired) electrons. The quantitative estimate of drug-likeness (QED) is 0.655. The zero-order chi connectivity index (χ0) is 16.5. The second kappa shape index (κ2) is 6.41. The van der Waals surface area contributed by atoms with Gasteiger partial charge in [-0.1, -0.05) is 116 Å². The number of hydrogen-bond donors (Lipinski definition) is 0. The third kappa shape index (κ3) is 3.53. The zero-order valence-electron chi connectivity index (χ0n) is 15.0. The van der Waals surface area contributed by atoms with Crippen LogP contribution in [0.3, 0.4) is 0 Å². The lowest BCUT2D eigenvalue weighted by Gasteiger charge is -2.43. The van der Waals surface area contributed by atoms with Crippen LogP contribution in [-0.2, 0) is 0 Å². The van der Waals surface area contributed by atoms with Crippen LogP contribution < -0.4 is 10.4 Å². The Bertz CT molecular complexity index is 576. The SMILES string of the molecule is C[Si](C)(c1ccccc1)C(CC1CC1)[Si](C)(C)c1ccccc1. The van der Waals surface area contributed by atoms with Gasteiger partial charge in [0.15, 0.2) is 0 Å². The Morgan fingerprint density at radius 3 is 1.48 bits per heavy atom. The van der Waals surface area contributed by atoms with Crippen LogP contribution in [0.1, 0.15) is 19.3 Å². The van der Waals surface area contributed by atoms with Crippen LogP contribution in [0.2, 0.25) is 31.4 Å². The maximum Gasteiger partial charge on any atom is 0.0814 e.